The van der Waals surface area contributed by atoms with Crippen molar-refractivity contribution in [2.45, 2.75) is 25.5 Å². The van der Waals surface area contributed by atoms with Crippen molar-refractivity contribution in [3.63, 3.8) is 0 Å². The summed E-state index contributed by atoms with van der Waals surface area (Å²) in [7, 11) is 0. The van der Waals surface area contributed by atoms with Gasteiger partial charge in [-0.05, 0) is 13.3 Å². The Kier molecular flexibility index (Phi) is 2.25. The summed E-state index contributed by atoms with van der Waals surface area (Å²) in [4.78, 5) is 19.5. The molecule has 2 N–H and O–H groups in total. The van der Waals surface area contributed by atoms with E-state index in [1.165, 1.54) is 12.4 Å². The van der Waals surface area contributed by atoms with E-state index in [1.54, 1.807) is 0 Å². The van der Waals surface area contributed by atoms with Crippen LogP contribution in [0.3, 0.4) is 0 Å². The van der Waals surface area contributed by atoms with Gasteiger partial charge >= 0.3 is 0 Å². The first-order valence-electron chi connectivity index (χ1n) is 4.66. The van der Waals surface area contributed by atoms with Crippen molar-refractivity contribution in [3.8, 4) is 0 Å². The van der Waals surface area contributed by atoms with Crippen LogP contribution in [0.2, 0.25) is 0 Å². The Morgan fingerprint density at radius 2 is 2.50 bits per heavy atom. The number of hydrogen-bond acceptors (Lipinski definition) is 4. The number of hydrogen-bond donors (Lipinski definition) is 2. The molecule has 0 bridgehead atoms. The Hall–Kier alpha value is -1.36. The minimum Gasteiger partial charge on any atom is -0.391 e. The first-order chi connectivity index (χ1) is 6.66. The maximum Gasteiger partial charge on any atom is 0.252 e. The summed E-state index contributed by atoms with van der Waals surface area (Å²) in [6.45, 7) is 2.57. The molecule has 0 aliphatic carbocycles. The number of aliphatic hydroxyl groups is 1. The first kappa shape index (κ1) is 9.21. The van der Waals surface area contributed by atoms with E-state index in [4.69, 9.17) is 0 Å². The summed E-state index contributed by atoms with van der Waals surface area (Å²) in [5.74, 6) is 0.637. The molecule has 1 aliphatic rings. The summed E-state index contributed by atoms with van der Waals surface area (Å²) >= 11 is 0. The SMILES string of the molecule is CC1CC(O)CN1c1cc(=O)[nH]cn1. The van der Waals surface area contributed by atoms with Crippen LogP contribution < -0.4 is 10.5 Å². The number of rotatable bonds is 1. The zero-order chi connectivity index (χ0) is 10.1. The molecule has 2 heterocycles. The molecule has 0 aromatic carbocycles. The van der Waals surface area contributed by atoms with E-state index in [0.717, 1.165) is 6.42 Å². The number of β-amino-alcohol motifs (C(OH)–C–C–N with tert-alkyl or cyclic N) is 1. The second-order valence-electron chi connectivity index (χ2n) is 3.66. The van der Waals surface area contributed by atoms with Crippen molar-refractivity contribution in [1.29, 1.82) is 0 Å². The van der Waals surface area contributed by atoms with Gasteiger partial charge in [-0.2, -0.15) is 0 Å². The largest absolute Gasteiger partial charge is 0.391 e. The van der Waals surface area contributed by atoms with Crippen LogP contribution in [0.1, 0.15) is 13.3 Å². The maximum absolute atomic E-state index is 11.1. The lowest BCUT2D eigenvalue weighted by atomic mass is 10.2. The molecule has 1 fully saturated rings. The molecular weight excluding hydrogens is 182 g/mol. The standard InChI is InChI=1S/C9H13N3O2/c1-6-2-7(13)4-12(6)8-3-9(14)11-5-10-8/h3,5-7,13H,2,4H2,1H3,(H,10,11,14). The van der Waals surface area contributed by atoms with E-state index in [0.29, 0.717) is 12.4 Å². The second-order valence-corrected chi connectivity index (χ2v) is 3.66. The van der Waals surface area contributed by atoms with Gasteiger partial charge in [-0.15, -0.1) is 0 Å². The number of aliphatic hydroxyl groups excluding tert-OH is 1. The van der Waals surface area contributed by atoms with Gasteiger partial charge in [0.05, 0.1) is 12.4 Å². The number of nitrogens with zero attached hydrogens (tertiary/aromatic N) is 2. The fourth-order valence-corrected chi connectivity index (χ4v) is 1.84. The Bertz CT molecular complexity index is 376. The first-order valence-corrected chi connectivity index (χ1v) is 4.66. The quantitative estimate of drug-likeness (QED) is 0.647. The molecule has 1 aromatic rings. The van der Waals surface area contributed by atoms with Crippen molar-refractivity contribution in [1.82, 2.24) is 9.97 Å². The molecule has 76 valence electrons. The summed E-state index contributed by atoms with van der Waals surface area (Å²) in [6.07, 6.45) is 1.80. The lowest BCUT2D eigenvalue weighted by molar-refractivity contribution is 0.195. The van der Waals surface area contributed by atoms with Crippen LogP contribution in [0.25, 0.3) is 0 Å². The van der Waals surface area contributed by atoms with Crippen molar-refractivity contribution >= 4 is 5.82 Å². The number of anilines is 1. The lowest BCUT2D eigenvalue weighted by Gasteiger charge is -2.21. The van der Waals surface area contributed by atoms with Crippen LogP contribution in [0.5, 0.6) is 0 Å². The monoisotopic (exact) mass is 195 g/mol. The molecule has 2 atom stereocenters. The van der Waals surface area contributed by atoms with Crippen molar-refractivity contribution in [3.05, 3.63) is 22.7 Å². The fourth-order valence-electron chi connectivity index (χ4n) is 1.84. The highest BCUT2D eigenvalue weighted by molar-refractivity contribution is 5.39. The van der Waals surface area contributed by atoms with Gasteiger partial charge in [0, 0.05) is 18.7 Å². The molecule has 5 heteroatoms. The second kappa shape index (κ2) is 3.42. The van der Waals surface area contributed by atoms with Crippen LogP contribution in [-0.2, 0) is 0 Å². The Morgan fingerprint density at radius 3 is 3.07 bits per heavy atom. The van der Waals surface area contributed by atoms with Gasteiger partial charge in [0.25, 0.3) is 5.56 Å². The smallest absolute Gasteiger partial charge is 0.252 e. The van der Waals surface area contributed by atoms with Crippen LogP contribution in [0, 0.1) is 0 Å². The van der Waals surface area contributed by atoms with Gasteiger partial charge in [-0.1, -0.05) is 0 Å². The summed E-state index contributed by atoms with van der Waals surface area (Å²) in [5.41, 5.74) is -0.163. The van der Waals surface area contributed by atoms with Crippen molar-refractivity contribution < 1.29 is 5.11 Å². The predicted octanol–water partition coefficient (Wildman–Crippen LogP) is -0.271. The van der Waals surface area contributed by atoms with Crippen LogP contribution in [0.4, 0.5) is 5.82 Å². The Morgan fingerprint density at radius 1 is 1.71 bits per heavy atom. The summed E-state index contributed by atoms with van der Waals surface area (Å²) < 4.78 is 0. The maximum atomic E-state index is 11.1. The highest BCUT2D eigenvalue weighted by atomic mass is 16.3. The van der Waals surface area contributed by atoms with Crippen LogP contribution >= 0.6 is 0 Å². The highest BCUT2D eigenvalue weighted by Gasteiger charge is 2.28. The normalized spacial score (nSPS) is 26.9. The third kappa shape index (κ3) is 1.63. The molecule has 0 saturated carbocycles. The molecule has 1 saturated heterocycles. The zero-order valence-corrected chi connectivity index (χ0v) is 7.97. The molecule has 2 rings (SSSR count). The molecule has 2 unspecified atom stereocenters. The molecule has 0 radical (unpaired) electrons. The highest BCUT2D eigenvalue weighted by Crippen LogP contribution is 2.21. The third-order valence-corrected chi connectivity index (χ3v) is 2.51. The average molecular weight is 195 g/mol. The topological polar surface area (TPSA) is 69.2 Å². The van der Waals surface area contributed by atoms with Gasteiger partial charge in [0.15, 0.2) is 0 Å². The Labute approximate surface area is 81.4 Å². The summed E-state index contributed by atoms with van der Waals surface area (Å²) in [5, 5.41) is 9.45. The number of nitrogens with one attached hydrogen (secondary N) is 1. The van der Waals surface area contributed by atoms with E-state index in [9.17, 15) is 9.90 Å². The lowest BCUT2D eigenvalue weighted by Crippen LogP contribution is -2.29. The number of H-pyrrole nitrogens is 1. The fraction of sp³-hybridized carbons (Fsp3) is 0.556. The van der Waals surface area contributed by atoms with Gasteiger partial charge < -0.3 is 15.0 Å². The summed E-state index contributed by atoms with van der Waals surface area (Å²) in [6, 6.07) is 1.69. The molecule has 0 spiro atoms. The molecule has 0 amide bonds. The van der Waals surface area contributed by atoms with Gasteiger partial charge in [0.1, 0.15) is 5.82 Å². The van der Waals surface area contributed by atoms with Crippen LogP contribution in [-0.4, -0.2) is 33.8 Å². The van der Waals surface area contributed by atoms with Gasteiger partial charge in [0.2, 0.25) is 0 Å². The molecular formula is C9H13N3O2. The molecule has 1 aromatic heterocycles. The van der Waals surface area contributed by atoms with E-state index in [2.05, 4.69) is 9.97 Å². The minimum absolute atomic E-state index is 0.163. The van der Waals surface area contributed by atoms with E-state index in [-0.39, 0.29) is 17.7 Å². The molecule has 14 heavy (non-hydrogen) atoms. The number of aromatic nitrogens is 2. The van der Waals surface area contributed by atoms with Crippen molar-refractivity contribution in [2.24, 2.45) is 0 Å². The predicted molar refractivity (Wildman–Crippen MR) is 52.3 cm³/mol. The molecule has 1 aliphatic heterocycles. The van der Waals surface area contributed by atoms with Gasteiger partial charge in [-0.25, -0.2) is 4.98 Å². The molecule has 5 nitrogen and oxygen atoms in total. The number of aromatic amines is 1. The van der Waals surface area contributed by atoms with E-state index in [1.807, 2.05) is 11.8 Å². The minimum atomic E-state index is -0.314. The average Bonchev–Trinajstić information content (AvgIpc) is 2.45. The Balaban J connectivity index is 2.27. The van der Waals surface area contributed by atoms with Crippen LogP contribution in [0.15, 0.2) is 17.2 Å². The van der Waals surface area contributed by atoms with E-state index >= 15 is 0 Å². The zero-order valence-electron chi connectivity index (χ0n) is 7.97. The van der Waals surface area contributed by atoms with E-state index < -0.39 is 0 Å². The third-order valence-electron chi connectivity index (χ3n) is 2.51. The van der Waals surface area contributed by atoms with Gasteiger partial charge in [-0.3, -0.25) is 4.79 Å². The van der Waals surface area contributed by atoms with Crippen molar-refractivity contribution in [2.75, 3.05) is 11.4 Å².